The molecule has 3 heteroatoms. The molecule has 0 heterocycles. The average molecular weight is 337 g/mol. The number of benzene rings is 2. The topological polar surface area (TPSA) is 34.1 Å². The summed E-state index contributed by atoms with van der Waals surface area (Å²) in [6, 6.07) is 14.5. The predicted octanol–water partition coefficient (Wildman–Crippen LogP) is 5.02. The predicted molar refractivity (Wildman–Crippen MR) is 97.4 cm³/mol. The Morgan fingerprint density at radius 3 is 2.46 bits per heavy atom. The second-order valence-corrected chi connectivity index (χ2v) is 6.59. The number of rotatable bonds is 3. The van der Waals surface area contributed by atoms with E-state index >= 15 is 0 Å². The van der Waals surface area contributed by atoms with Gasteiger partial charge >= 0.3 is 0 Å². The van der Waals surface area contributed by atoms with Crippen molar-refractivity contribution in [3.63, 3.8) is 0 Å². The van der Waals surface area contributed by atoms with Crippen LogP contribution in [0.15, 0.2) is 66.3 Å². The summed E-state index contributed by atoms with van der Waals surface area (Å²) in [5.74, 6) is -0.133. The van der Waals surface area contributed by atoms with E-state index in [2.05, 4.69) is 0 Å². The largest absolute Gasteiger partial charge is 0.293 e. The Bertz CT molecular complexity index is 875. The normalized spacial score (nSPS) is 20.0. The molecule has 0 amide bonds. The van der Waals surface area contributed by atoms with Gasteiger partial charge in [0.1, 0.15) is 0 Å². The molecule has 0 saturated carbocycles. The molecule has 1 aliphatic carbocycles. The molecule has 24 heavy (non-hydrogen) atoms. The van der Waals surface area contributed by atoms with Crippen LogP contribution in [0, 0.1) is 0 Å². The van der Waals surface area contributed by atoms with Crippen molar-refractivity contribution in [2.75, 3.05) is 0 Å². The second-order valence-electron chi connectivity index (χ2n) is 6.15. The fourth-order valence-electron chi connectivity index (χ4n) is 3.04. The Balaban J connectivity index is 1.98. The van der Waals surface area contributed by atoms with E-state index in [-0.39, 0.29) is 11.6 Å². The lowest BCUT2D eigenvalue weighted by Crippen LogP contribution is -2.34. The third-order valence-electron chi connectivity index (χ3n) is 4.42. The van der Waals surface area contributed by atoms with Crippen LogP contribution in [0.25, 0.3) is 6.08 Å². The van der Waals surface area contributed by atoms with E-state index in [1.165, 1.54) is 6.08 Å². The minimum Gasteiger partial charge on any atom is -0.293 e. The number of fused-ring (bicyclic) bond motifs is 1. The van der Waals surface area contributed by atoms with Crippen molar-refractivity contribution in [2.45, 2.75) is 19.3 Å². The molecule has 2 aromatic rings. The summed E-state index contributed by atoms with van der Waals surface area (Å²) in [5, 5.41) is 0.583. The lowest BCUT2D eigenvalue weighted by atomic mass is 9.70. The molecular weight excluding hydrogens is 320 g/mol. The van der Waals surface area contributed by atoms with Gasteiger partial charge in [-0.15, -0.1) is 0 Å². The highest BCUT2D eigenvalue weighted by molar-refractivity contribution is 6.30. The molecule has 120 valence electrons. The van der Waals surface area contributed by atoms with E-state index in [1.54, 1.807) is 30.3 Å². The molecule has 0 bridgehead atoms. The standard InChI is InChI=1S/C21H17ClO2/c1-14-13-16-5-3-4-6-18(16)21(2,20(14)24)12-11-19(23)15-7-9-17(22)10-8-15/h3-13H,1-2H3/b12-11-/t21-/m1/s1. The monoisotopic (exact) mass is 336 g/mol. The number of carbonyl (C=O) groups is 2. The fourth-order valence-corrected chi connectivity index (χ4v) is 3.17. The first kappa shape index (κ1) is 16.4. The Morgan fingerprint density at radius 2 is 1.75 bits per heavy atom. The Hall–Kier alpha value is -2.45. The van der Waals surface area contributed by atoms with Crippen molar-refractivity contribution in [3.8, 4) is 0 Å². The summed E-state index contributed by atoms with van der Waals surface area (Å²) in [6.45, 7) is 3.67. The van der Waals surface area contributed by atoms with Crippen LogP contribution < -0.4 is 0 Å². The quantitative estimate of drug-likeness (QED) is 0.582. The van der Waals surface area contributed by atoms with Crippen molar-refractivity contribution in [1.82, 2.24) is 0 Å². The lowest BCUT2D eigenvalue weighted by Gasteiger charge is -2.31. The molecule has 0 aromatic heterocycles. The van der Waals surface area contributed by atoms with Crippen molar-refractivity contribution >= 4 is 29.2 Å². The summed E-state index contributed by atoms with van der Waals surface area (Å²) >= 11 is 5.85. The SMILES string of the molecule is CC1=Cc2ccccc2[C@@](C)(/C=C\C(=O)c2ccc(Cl)cc2)C1=O. The summed E-state index contributed by atoms with van der Waals surface area (Å²) in [4.78, 5) is 25.1. The Morgan fingerprint density at radius 1 is 1.08 bits per heavy atom. The molecular formula is C21H17ClO2. The average Bonchev–Trinajstić information content (AvgIpc) is 2.59. The van der Waals surface area contributed by atoms with Gasteiger partial charge in [-0.3, -0.25) is 9.59 Å². The van der Waals surface area contributed by atoms with E-state index in [4.69, 9.17) is 11.6 Å². The van der Waals surface area contributed by atoms with Crippen molar-refractivity contribution in [3.05, 3.63) is 88.0 Å². The van der Waals surface area contributed by atoms with Gasteiger partial charge in [-0.05, 0) is 67.0 Å². The summed E-state index contributed by atoms with van der Waals surface area (Å²) in [6.07, 6.45) is 5.09. The number of ketones is 2. The van der Waals surface area contributed by atoms with E-state index in [0.29, 0.717) is 16.2 Å². The van der Waals surface area contributed by atoms with Crippen LogP contribution in [0.1, 0.15) is 35.3 Å². The molecule has 1 aliphatic rings. The fraction of sp³-hybridized carbons (Fsp3) is 0.143. The van der Waals surface area contributed by atoms with Gasteiger partial charge in [-0.1, -0.05) is 41.9 Å². The molecule has 2 nitrogen and oxygen atoms in total. The van der Waals surface area contributed by atoms with E-state index < -0.39 is 5.41 Å². The molecule has 0 unspecified atom stereocenters. The first-order valence-electron chi connectivity index (χ1n) is 7.73. The van der Waals surface area contributed by atoms with E-state index in [1.807, 2.05) is 44.2 Å². The molecule has 0 aliphatic heterocycles. The maximum absolute atomic E-state index is 12.8. The van der Waals surface area contributed by atoms with Gasteiger partial charge in [0.15, 0.2) is 11.6 Å². The molecule has 3 rings (SSSR count). The number of halogens is 1. The number of Topliss-reactive ketones (excluding diaryl/α,β-unsaturated/α-hetero) is 1. The van der Waals surface area contributed by atoms with Crippen molar-refractivity contribution in [2.24, 2.45) is 0 Å². The summed E-state index contributed by atoms with van der Waals surface area (Å²) < 4.78 is 0. The van der Waals surface area contributed by atoms with Crippen LogP contribution in [-0.4, -0.2) is 11.6 Å². The molecule has 0 spiro atoms. The zero-order chi connectivity index (χ0) is 17.3. The maximum atomic E-state index is 12.8. The first-order chi connectivity index (χ1) is 11.4. The minimum atomic E-state index is -0.836. The highest BCUT2D eigenvalue weighted by atomic mass is 35.5. The van der Waals surface area contributed by atoms with Gasteiger partial charge in [-0.2, -0.15) is 0 Å². The van der Waals surface area contributed by atoms with Gasteiger partial charge in [0.05, 0.1) is 5.41 Å². The highest BCUT2D eigenvalue weighted by Crippen LogP contribution is 2.37. The number of hydrogen-bond acceptors (Lipinski definition) is 2. The second kappa shape index (κ2) is 6.21. The Labute approximate surface area is 146 Å². The highest BCUT2D eigenvalue weighted by Gasteiger charge is 2.37. The smallest absolute Gasteiger partial charge is 0.185 e. The molecule has 0 radical (unpaired) electrons. The van der Waals surface area contributed by atoms with Crippen LogP contribution in [0.3, 0.4) is 0 Å². The van der Waals surface area contributed by atoms with Crippen molar-refractivity contribution < 1.29 is 9.59 Å². The molecule has 0 fully saturated rings. The van der Waals surface area contributed by atoms with Gasteiger partial charge in [-0.25, -0.2) is 0 Å². The molecule has 0 N–H and O–H groups in total. The van der Waals surface area contributed by atoms with Gasteiger partial charge < -0.3 is 0 Å². The van der Waals surface area contributed by atoms with E-state index in [0.717, 1.165) is 11.1 Å². The molecule has 1 atom stereocenters. The van der Waals surface area contributed by atoms with Crippen LogP contribution in [0.2, 0.25) is 5.02 Å². The lowest BCUT2D eigenvalue weighted by molar-refractivity contribution is -0.118. The first-order valence-corrected chi connectivity index (χ1v) is 8.11. The van der Waals surface area contributed by atoms with Gasteiger partial charge in [0, 0.05) is 10.6 Å². The van der Waals surface area contributed by atoms with Crippen LogP contribution >= 0.6 is 11.6 Å². The molecule has 0 saturated heterocycles. The van der Waals surface area contributed by atoms with Crippen LogP contribution in [-0.2, 0) is 10.2 Å². The zero-order valence-corrected chi connectivity index (χ0v) is 14.3. The minimum absolute atomic E-state index is 0.0151. The third-order valence-corrected chi connectivity index (χ3v) is 4.67. The number of hydrogen-bond donors (Lipinski definition) is 0. The van der Waals surface area contributed by atoms with Crippen molar-refractivity contribution in [1.29, 1.82) is 0 Å². The van der Waals surface area contributed by atoms with Gasteiger partial charge in [0.25, 0.3) is 0 Å². The summed E-state index contributed by atoms with van der Waals surface area (Å²) in [7, 11) is 0. The third kappa shape index (κ3) is 2.85. The Kier molecular flexibility index (Phi) is 4.25. The molecule has 2 aromatic carbocycles. The van der Waals surface area contributed by atoms with Crippen LogP contribution in [0.5, 0.6) is 0 Å². The zero-order valence-electron chi connectivity index (χ0n) is 13.5. The van der Waals surface area contributed by atoms with Gasteiger partial charge in [0.2, 0.25) is 0 Å². The number of carbonyl (C=O) groups excluding carboxylic acids is 2. The summed E-state index contributed by atoms with van der Waals surface area (Å²) in [5.41, 5.74) is 2.33. The maximum Gasteiger partial charge on any atom is 0.185 e. The van der Waals surface area contributed by atoms with Crippen LogP contribution in [0.4, 0.5) is 0 Å². The number of allylic oxidation sites excluding steroid dienone is 3. The van der Waals surface area contributed by atoms with E-state index in [9.17, 15) is 9.59 Å².